The van der Waals surface area contributed by atoms with Gasteiger partial charge >= 0.3 is 0 Å². The zero-order chi connectivity index (χ0) is 13.8. The monoisotopic (exact) mass is 259 g/mol. The molecule has 0 aliphatic heterocycles. The molecule has 1 atom stereocenters. The summed E-state index contributed by atoms with van der Waals surface area (Å²) in [4.78, 5) is 1.50. The van der Waals surface area contributed by atoms with Gasteiger partial charge in [-0.15, -0.1) is 10.2 Å². The van der Waals surface area contributed by atoms with Crippen molar-refractivity contribution in [3.05, 3.63) is 40.7 Å². The smallest absolute Gasteiger partial charge is 0.176 e. The van der Waals surface area contributed by atoms with Crippen molar-refractivity contribution in [1.29, 1.82) is 0 Å². The lowest BCUT2D eigenvalue weighted by atomic mass is 9.99. The van der Waals surface area contributed by atoms with Crippen molar-refractivity contribution in [3.63, 3.8) is 0 Å². The Kier molecular flexibility index (Phi) is 4.27. The van der Waals surface area contributed by atoms with Gasteiger partial charge in [-0.1, -0.05) is 29.3 Å². The molecule has 0 aliphatic carbocycles. The standard InChI is InChI=1S/C14H21N5/c1-10-5-11(2)7-12(6-10)8-13(15-3)9-14-16-18-19(4)17-14/h5-7,13,15H,8-9H2,1-4H3. The van der Waals surface area contributed by atoms with Crippen LogP contribution in [0.2, 0.25) is 0 Å². The van der Waals surface area contributed by atoms with Crippen molar-refractivity contribution in [2.24, 2.45) is 7.05 Å². The van der Waals surface area contributed by atoms with Crippen molar-refractivity contribution < 1.29 is 0 Å². The zero-order valence-corrected chi connectivity index (χ0v) is 12.0. The molecule has 1 aromatic carbocycles. The lowest BCUT2D eigenvalue weighted by Gasteiger charge is -2.15. The van der Waals surface area contributed by atoms with Gasteiger partial charge in [-0.05, 0) is 38.1 Å². The van der Waals surface area contributed by atoms with Gasteiger partial charge in [0.05, 0.1) is 7.05 Å². The minimum atomic E-state index is 0.324. The molecule has 1 aromatic heterocycles. The number of aromatic nitrogens is 4. The number of hydrogen-bond donors (Lipinski definition) is 1. The highest BCUT2D eigenvalue weighted by atomic mass is 15.6. The predicted molar refractivity (Wildman–Crippen MR) is 75.0 cm³/mol. The van der Waals surface area contributed by atoms with Gasteiger partial charge in [-0.25, -0.2) is 0 Å². The van der Waals surface area contributed by atoms with E-state index >= 15 is 0 Å². The van der Waals surface area contributed by atoms with E-state index in [0.29, 0.717) is 6.04 Å². The molecule has 0 saturated carbocycles. The summed E-state index contributed by atoms with van der Waals surface area (Å²) in [6, 6.07) is 7.00. The van der Waals surface area contributed by atoms with Crippen LogP contribution in [-0.4, -0.2) is 33.3 Å². The number of aryl methyl sites for hydroxylation is 3. The Labute approximate surface area is 114 Å². The summed E-state index contributed by atoms with van der Waals surface area (Å²) in [5.41, 5.74) is 3.96. The van der Waals surface area contributed by atoms with E-state index < -0.39 is 0 Å². The first-order chi connectivity index (χ1) is 9.06. The fourth-order valence-electron chi connectivity index (χ4n) is 2.37. The quantitative estimate of drug-likeness (QED) is 0.876. The van der Waals surface area contributed by atoms with Crippen LogP contribution in [0, 0.1) is 13.8 Å². The molecule has 0 spiro atoms. The molecule has 0 amide bonds. The molecule has 102 valence electrons. The molecule has 5 nitrogen and oxygen atoms in total. The van der Waals surface area contributed by atoms with Gasteiger partial charge in [0.15, 0.2) is 5.82 Å². The molecule has 2 rings (SSSR count). The molecule has 0 bridgehead atoms. The average molecular weight is 259 g/mol. The van der Waals surface area contributed by atoms with Crippen molar-refractivity contribution >= 4 is 0 Å². The number of rotatable bonds is 5. The van der Waals surface area contributed by atoms with Crippen LogP contribution in [0.5, 0.6) is 0 Å². The van der Waals surface area contributed by atoms with E-state index in [1.54, 1.807) is 7.05 Å². The van der Waals surface area contributed by atoms with Gasteiger partial charge in [-0.3, -0.25) is 0 Å². The molecule has 2 aromatic rings. The highest BCUT2D eigenvalue weighted by molar-refractivity contribution is 5.29. The van der Waals surface area contributed by atoms with E-state index in [2.05, 4.69) is 52.8 Å². The zero-order valence-electron chi connectivity index (χ0n) is 12.0. The van der Waals surface area contributed by atoms with E-state index in [9.17, 15) is 0 Å². The van der Waals surface area contributed by atoms with Gasteiger partial charge in [0.1, 0.15) is 0 Å². The molecule has 1 heterocycles. The number of nitrogens with one attached hydrogen (secondary N) is 1. The van der Waals surface area contributed by atoms with Crippen LogP contribution in [0.3, 0.4) is 0 Å². The van der Waals surface area contributed by atoms with Crippen LogP contribution in [0.15, 0.2) is 18.2 Å². The molecule has 0 aliphatic rings. The van der Waals surface area contributed by atoms with Gasteiger partial charge in [0.25, 0.3) is 0 Å². The summed E-state index contributed by atoms with van der Waals surface area (Å²) < 4.78 is 0. The summed E-state index contributed by atoms with van der Waals surface area (Å²) in [6.45, 7) is 4.27. The first-order valence-electron chi connectivity index (χ1n) is 6.54. The summed E-state index contributed by atoms with van der Waals surface area (Å²) in [5.74, 6) is 0.784. The maximum atomic E-state index is 4.23. The lowest BCUT2D eigenvalue weighted by Crippen LogP contribution is -2.30. The van der Waals surface area contributed by atoms with Gasteiger partial charge in [0, 0.05) is 12.5 Å². The maximum Gasteiger partial charge on any atom is 0.176 e. The van der Waals surface area contributed by atoms with Crippen LogP contribution >= 0.6 is 0 Å². The number of likely N-dealkylation sites (N-methyl/N-ethyl adjacent to an activating group) is 1. The Balaban J connectivity index is 2.06. The third kappa shape index (κ3) is 3.86. The first-order valence-corrected chi connectivity index (χ1v) is 6.54. The molecule has 1 unspecified atom stereocenters. The van der Waals surface area contributed by atoms with Crippen molar-refractivity contribution in [1.82, 2.24) is 25.5 Å². The third-order valence-electron chi connectivity index (χ3n) is 3.15. The average Bonchev–Trinajstić information content (AvgIpc) is 2.72. The van der Waals surface area contributed by atoms with E-state index in [1.165, 1.54) is 21.5 Å². The summed E-state index contributed by atoms with van der Waals surface area (Å²) >= 11 is 0. The summed E-state index contributed by atoms with van der Waals surface area (Å²) in [7, 11) is 3.76. The number of hydrogen-bond acceptors (Lipinski definition) is 4. The van der Waals surface area contributed by atoms with Crippen molar-refractivity contribution in [2.45, 2.75) is 32.7 Å². The molecule has 19 heavy (non-hydrogen) atoms. The van der Waals surface area contributed by atoms with Crippen LogP contribution in [0.4, 0.5) is 0 Å². The predicted octanol–water partition coefficient (Wildman–Crippen LogP) is 1.20. The van der Waals surface area contributed by atoms with Crippen molar-refractivity contribution in [3.8, 4) is 0 Å². The molecule has 0 fully saturated rings. The van der Waals surface area contributed by atoms with Crippen LogP contribution in [-0.2, 0) is 19.9 Å². The lowest BCUT2D eigenvalue weighted by molar-refractivity contribution is 0.540. The highest BCUT2D eigenvalue weighted by Crippen LogP contribution is 2.12. The fourth-order valence-corrected chi connectivity index (χ4v) is 2.37. The van der Waals surface area contributed by atoms with Gasteiger partial charge in [-0.2, -0.15) is 4.80 Å². The summed E-state index contributed by atoms with van der Waals surface area (Å²) in [5, 5.41) is 15.5. The fraction of sp³-hybridized carbons (Fsp3) is 0.500. The second kappa shape index (κ2) is 5.93. The Morgan fingerprint density at radius 2 is 1.84 bits per heavy atom. The van der Waals surface area contributed by atoms with Crippen LogP contribution in [0.25, 0.3) is 0 Å². The second-order valence-corrected chi connectivity index (χ2v) is 5.08. The van der Waals surface area contributed by atoms with E-state index in [1.807, 2.05) is 7.05 Å². The van der Waals surface area contributed by atoms with E-state index in [-0.39, 0.29) is 0 Å². The summed E-state index contributed by atoms with van der Waals surface area (Å²) in [6.07, 6.45) is 1.76. The Morgan fingerprint density at radius 1 is 1.16 bits per heavy atom. The minimum Gasteiger partial charge on any atom is -0.316 e. The molecule has 5 heteroatoms. The number of tetrazole rings is 1. The van der Waals surface area contributed by atoms with Gasteiger partial charge < -0.3 is 5.32 Å². The Hall–Kier alpha value is -1.75. The molecule has 0 radical (unpaired) electrons. The number of nitrogens with zero attached hydrogens (tertiary/aromatic N) is 4. The molecule has 1 N–H and O–H groups in total. The first kappa shape index (κ1) is 13.7. The van der Waals surface area contributed by atoms with Crippen LogP contribution in [0.1, 0.15) is 22.5 Å². The topological polar surface area (TPSA) is 55.6 Å². The SMILES string of the molecule is CNC(Cc1cc(C)cc(C)c1)Cc1nnn(C)n1. The Bertz CT molecular complexity index is 526. The van der Waals surface area contributed by atoms with Crippen molar-refractivity contribution in [2.75, 3.05) is 7.05 Å². The van der Waals surface area contributed by atoms with Crippen LogP contribution < -0.4 is 5.32 Å². The normalized spacial score (nSPS) is 12.6. The second-order valence-electron chi connectivity index (χ2n) is 5.08. The van der Waals surface area contributed by atoms with E-state index in [4.69, 9.17) is 0 Å². The molecular weight excluding hydrogens is 238 g/mol. The highest BCUT2D eigenvalue weighted by Gasteiger charge is 2.12. The molecule has 0 saturated heterocycles. The number of benzene rings is 1. The third-order valence-corrected chi connectivity index (χ3v) is 3.15. The van der Waals surface area contributed by atoms with Gasteiger partial charge in [0.2, 0.25) is 0 Å². The largest absolute Gasteiger partial charge is 0.316 e. The Morgan fingerprint density at radius 3 is 2.37 bits per heavy atom. The van der Waals surface area contributed by atoms with E-state index in [0.717, 1.165) is 18.7 Å². The maximum absolute atomic E-state index is 4.23. The molecular formula is C14H21N5. The minimum absolute atomic E-state index is 0.324.